The summed E-state index contributed by atoms with van der Waals surface area (Å²) in [4.78, 5) is 2.36. The number of hydrogen-bond donors (Lipinski definition) is 2. The number of aliphatic hydroxyl groups excluding tert-OH is 1. The number of rotatable bonds is 2. The number of hydrogen-bond acceptors (Lipinski definition) is 3. The first-order valence-corrected chi connectivity index (χ1v) is 4.39. The van der Waals surface area contributed by atoms with Crippen LogP contribution in [0.25, 0.3) is 0 Å². The molecule has 0 amide bonds. The minimum atomic E-state index is 0.309. The molecule has 0 radical (unpaired) electrons. The highest BCUT2D eigenvalue weighted by Crippen LogP contribution is 2.33. The summed E-state index contributed by atoms with van der Waals surface area (Å²) in [7, 11) is 0. The first-order chi connectivity index (χ1) is 5.35. The molecule has 2 aliphatic rings. The summed E-state index contributed by atoms with van der Waals surface area (Å²) in [6, 6.07) is 0. The van der Waals surface area contributed by atoms with E-state index in [1.807, 2.05) is 0 Å². The van der Waals surface area contributed by atoms with E-state index in [0.717, 1.165) is 6.54 Å². The molecule has 3 heteroatoms. The second-order valence-corrected chi connectivity index (χ2v) is 3.85. The van der Waals surface area contributed by atoms with Gasteiger partial charge in [0.05, 0.1) is 6.61 Å². The van der Waals surface area contributed by atoms with Crippen LogP contribution in [0, 0.1) is 5.41 Å². The van der Waals surface area contributed by atoms with E-state index >= 15 is 0 Å². The Labute approximate surface area is 67.4 Å². The maximum Gasteiger partial charge on any atom is 0.0558 e. The third-order valence-electron chi connectivity index (χ3n) is 2.93. The van der Waals surface area contributed by atoms with Gasteiger partial charge in [0, 0.05) is 31.6 Å². The van der Waals surface area contributed by atoms with Crippen LogP contribution in [0.5, 0.6) is 0 Å². The van der Waals surface area contributed by atoms with Gasteiger partial charge < -0.3 is 15.3 Å². The van der Waals surface area contributed by atoms with Crippen LogP contribution in [0.4, 0.5) is 0 Å². The Bertz CT molecular complexity index is 145. The molecule has 0 aliphatic carbocycles. The van der Waals surface area contributed by atoms with Crippen molar-refractivity contribution in [2.45, 2.75) is 6.42 Å². The van der Waals surface area contributed by atoms with Gasteiger partial charge in [-0.3, -0.25) is 0 Å². The Morgan fingerprint density at radius 3 is 2.73 bits per heavy atom. The van der Waals surface area contributed by atoms with Crippen molar-refractivity contribution < 1.29 is 5.11 Å². The second-order valence-electron chi connectivity index (χ2n) is 3.85. The standard InChI is InChI=1S/C8H16N2O/c11-4-3-10-2-1-8(7-10)5-9-6-8/h9,11H,1-7H2. The zero-order valence-electron chi connectivity index (χ0n) is 6.84. The molecular weight excluding hydrogens is 140 g/mol. The van der Waals surface area contributed by atoms with Gasteiger partial charge in [0.15, 0.2) is 0 Å². The highest BCUT2D eigenvalue weighted by atomic mass is 16.3. The first-order valence-electron chi connectivity index (χ1n) is 4.39. The van der Waals surface area contributed by atoms with Crippen molar-refractivity contribution >= 4 is 0 Å². The predicted molar refractivity (Wildman–Crippen MR) is 43.4 cm³/mol. The minimum absolute atomic E-state index is 0.309. The Balaban J connectivity index is 1.83. The molecule has 1 spiro atoms. The Hall–Kier alpha value is -0.120. The molecular formula is C8H16N2O. The molecule has 0 unspecified atom stereocenters. The van der Waals surface area contributed by atoms with Gasteiger partial charge in [-0.1, -0.05) is 0 Å². The van der Waals surface area contributed by atoms with Crippen molar-refractivity contribution in [2.24, 2.45) is 5.41 Å². The summed E-state index contributed by atoms with van der Waals surface area (Å²) < 4.78 is 0. The zero-order chi connectivity index (χ0) is 7.73. The van der Waals surface area contributed by atoms with Crippen molar-refractivity contribution in [2.75, 3.05) is 39.3 Å². The molecule has 0 bridgehead atoms. The molecule has 0 aromatic rings. The van der Waals surface area contributed by atoms with E-state index in [2.05, 4.69) is 10.2 Å². The van der Waals surface area contributed by atoms with Crippen LogP contribution in [0.3, 0.4) is 0 Å². The average Bonchev–Trinajstić information content (AvgIpc) is 2.32. The molecule has 2 N–H and O–H groups in total. The van der Waals surface area contributed by atoms with E-state index in [9.17, 15) is 0 Å². The summed E-state index contributed by atoms with van der Waals surface area (Å²) in [5.74, 6) is 0. The lowest BCUT2D eigenvalue weighted by Gasteiger charge is -2.39. The Kier molecular flexibility index (Phi) is 1.87. The number of nitrogens with zero attached hydrogens (tertiary/aromatic N) is 1. The normalized spacial score (nSPS) is 29.2. The largest absolute Gasteiger partial charge is 0.395 e. The quantitative estimate of drug-likeness (QED) is 0.553. The number of β-amino-alcohol motifs (C(OH)–C–C–N with tert-alkyl or cyclic N) is 1. The summed E-state index contributed by atoms with van der Waals surface area (Å²) in [5.41, 5.74) is 0.592. The van der Waals surface area contributed by atoms with Gasteiger partial charge in [-0.2, -0.15) is 0 Å². The van der Waals surface area contributed by atoms with Gasteiger partial charge in [0.1, 0.15) is 0 Å². The molecule has 2 rings (SSSR count). The average molecular weight is 156 g/mol. The molecule has 3 nitrogen and oxygen atoms in total. The van der Waals surface area contributed by atoms with Crippen molar-refractivity contribution in [1.82, 2.24) is 10.2 Å². The van der Waals surface area contributed by atoms with Crippen LogP contribution in [0.15, 0.2) is 0 Å². The highest BCUT2D eigenvalue weighted by molar-refractivity contribution is 4.99. The summed E-state index contributed by atoms with van der Waals surface area (Å²) >= 11 is 0. The lowest BCUT2D eigenvalue weighted by atomic mass is 9.81. The molecule has 2 aliphatic heterocycles. The molecule has 2 heterocycles. The molecule has 0 aromatic carbocycles. The van der Waals surface area contributed by atoms with Crippen LogP contribution in [-0.2, 0) is 0 Å². The SMILES string of the molecule is OCCN1CCC2(CNC2)C1. The lowest BCUT2D eigenvalue weighted by Crippen LogP contribution is -2.54. The third-order valence-corrected chi connectivity index (χ3v) is 2.93. The van der Waals surface area contributed by atoms with E-state index in [1.165, 1.54) is 32.6 Å². The van der Waals surface area contributed by atoms with Crippen molar-refractivity contribution in [1.29, 1.82) is 0 Å². The Morgan fingerprint density at radius 1 is 1.45 bits per heavy atom. The van der Waals surface area contributed by atoms with Crippen molar-refractivity contribution in [3.05, 3.63) is 0 Å². The van der Waals surface area contributed by atoms with Gasteiger partial charge in [-0.25, -0.2) is 0 Å². The van der Waals surface area contributed by atoms with Crippen LogP contribution < -0.4 is 5.32 Å². The van der Waals surface area contributed by atoms with E-state index in [1.54, 1.807) is 0 Å². The van der Waals surface area contributed by atoms with Gasteiger partial charge in [0.2, 0.25) is 0 Å². The summed E-state index contributed by atoms with van der Waals surface area (Å²) in [5, 5.41) is 12.0. The molecule has 2 saturated heterocycles. The molecule has 64 valence electrons. The lowest BCUT2D eigenvalue weighted by molar-refractivity contribution is 0.155. The van der Waals surface area contributed by atoms with E-state index < -0.39 is 0 Å². The maximum absolute atomic E-state index is 8.73. The van der Waals surface area contributed by atoms with E-state index in [4.69, 9.17) is 5.11 Å². The number of nitrogens with one attached hydrogen (secondary N) is 1. The fraction of sp³-hybridized carbons (Fsp3) is 1.00. The van der Waals surface area contributed by atoms with Crippen LogP contribution >= 0.6 is 0 Å². The molecule has 0 saturated carbocycles. The third kappa shape index (κ3) is 1.28. The van der Waals surface area contributed by atoms with Crippen molar-refractivity contribution in [3.8, 4) is 0 Å². The van der Waals surface area contributed by atoms with Gasteiger partial charge in [0.25, 0.3) is 0 Å². The molecule has 0 atom stereocenters. The summed E-state index contributed by atoms with van der Waals surface area (Å²) in [6.07, 6.45) is 1.32. The highest BCUT2D eigenvalue weighted by Gasteiger charge is 2.42. The second kappa shape index (κ2) is 2.73. The van der Waals surface area contributed by atoms with Crippen LogP contribution in [0.2, 0.25) is 0 Å². The van der Waals surface area contributed by atoms with Gasteiger partial charge in [-0.15, -0.1) is 0 Å². The topological polar surface area (TPSA) is 35.5 Å². The van der Waals surface area contributed by atoms with Crippen molar-refractivity contribution in [3.63, 3.8) is 0 Å². The number of likely N-dealkylation sites (tertiary alicyclic amines) is 1. The fourth-order valence-corrected chi connectivity index (χ4v) is 2.13. The van der Waals surface area contributed by atoms with Gasteiger partial charge >= 0.3 is 0 Å². The van der Waals surface area contributed by atoms with E-state index in [0.29, 0.717) is 12.0 Å². The molecule has 11 heavy (non-hydrogen) atoms. The molecule has 2 fully saturated rings. The minimum Gasteiger partial charge on any atom is -0.395 e. The zero-order valence-corrected chi connectivity index (χ0v) is 6.84. The van der Waals surface area contributed by atoms with E-state index in [-0.39, 0.29) is 0 Å². The molecule has 0 aromatic heterocycles. The summed E-state index contributed by atoms with van der Waals surface area (Å²) in [6.45, 7) is 5.93. The van der Waals surface area contributed by atoms with Gasteiger partial charge in [-0.05, 0) is 13.0 Å². The monoisotopic (exact) mass is 156 g/mol. The van der Waals surface area contributed by atoms with Crippen LogP contribution in [0.1, 0.15) is 6.42 Å². The fourth-order valence-electron chi connectivity index (χ4n) is 2.13. The Morgan fingerprint density at radius 2 is 2.27 bits per heavy atom. The smallest absolute Gasteiger partial charge is 0.0558 e. The number of aliphatic hydroxyl groups is 1. The maximum atomic E-state index is 8.73. The van der Waals surface area contributed by atoms with Crippen LogP contribution in [-0.4, -0.2) is 49.3 Å². The predicted octanol–water partition coefficient (Wildman–Crippen LogP) is -0.726. The first kappa shape index (κ1) is 7.53.